The predicted molar refractivity (Wildman–Crippen MR) is 87.9 cm³/mol. The highest BCUT2D eigenvalue weighted by Gasteiger charge is 2.12. The summed E-state index contributed by atoms with van der Waals surface area (Å²) < 4.78 is 0. The van der Waals surface area contributed by atoms with Gasteiger partial charge in [-0.25, -0.2) is 4.98 Å². The van der Waals surface area contributed by atoms with Crippen LogP contribution in [0.3, 0.4) is 0 Å². The second-order valence-corrected chi connectivity index (χ2v) is 6.96. The summed E-state index contributed by atoms with van der Waals surface area (Å²) in [5, 5.41) is 6.62. The van der Waals surface area contributed by atoms with Crippen molar-refractivity contribution in [2.45, 2.75) is 39.8 Å². The van der Waals surface area contributed by atoms with Gasteiger partial charge >= 0.3 is 0 Å². The lowest BCUT2D eigenvalue weighted by molar-refractivity contribution is 0.422. The predicted octanol–water partition coefficient (Wildman–Crippen LogP) is 4.11. The number of hydrogen-bond acceptors (Lipinski definition) is 4. The van der Waals surface area contributed by atoms with E-state index in [4.69, 9.17) is 4.98 Å². The van der Waals surface area contributed by atoms with Gasteiger partial charge in [0.1, 0.15) is 0 Å². The second-order valence-electron chi connectivity index (χ2n) is 6.12. The Labute approximate surface area is 125 Å². The van der Waals surface area contributed by atoms with E-state index in [2.05, 4.69) is 74.6 Å². The lowest BCUT2D eigenvalue weighted by atomic mass is 10.1. The van der Waals surface area contributed by atoms with Crippen molar-refractivity contribution in [1.29, 1.82) is 0 Å². The number of nitrogens with one attached hydrogen (secondary N) is 1. The van der Waals surface area contributed by atoms with Gasteiger partial charge in [0.2, 0.25) is 0 Å². The van der Waals surface area contributed by atoms with E-state index in [9.17, 15) is 0 Å². The van der Waals surface area contributed by atoms with Crippen LogP contribution in [0.2, 0.25) is 0 Å². The average Bonchev–Trinajstić information content (AvgIpc) is 2.83. The Hall–Kier alpha value is -1.39. The summed E-state index contributed by atoms with van der Waals surface area (Å²) in [6.07, 6.45) is 0. The van der Waals surface area contributed by atoms with Crippen molar-refractivity contribution in [1.82, 2.24) is 10.3 Å². The number of nitrogens with zero attached hydrogens (tertiary/aromatic N) is 2. The molecule has 20 heavy (non-hydrogen) atoms. The van der Waals surface area contributed by atoms with Crippen molar-refractivity contribution in [2.75, 3.05) is 11.9 Å². The highest BCUT2D eigenvalue weighted by atomic mass is 32.1. The fourth-order valence-corrected chi connectivity index (χ4v) is 2.65. The highest BCUT2D eigenvalue weighted by Crippen LogP contribution is 2.27. The molecule has 0 bridgehead atoms. The van der Waals surface area contributed by atoms with E-state index in [1.807, 2.05) is 0 Å². The van der Waals surface area contributed by atoms with Crippen molar-refractivity contribution in [3.63, 3.8) is 0 Å². The molecule has 0 unspecified atom stereocenters. The first-order valence-corrected chi connectivity index (χ1v) is 7.73. The Morgan fingerprint density at radius 1 is 1.30 bits per heavy atom. The molecular weight excluding hydrogens is 266 g/mol. The Morgan fingerprint density at radius 3 is 2.70 bits per heavy atom. The van der Waals surface area contributed by atoms with Crippen LogP contribution < -0.4 is 10.2 Å². The molecule has 4 heteroatoms. The molecule has 0 saturated carbocycles. The first-order valence-electron chi connectivity index (χ1n) is 6.85. The van der Waals surface area contributed by atoms with Crippen LogP contribution >= 0.6 is 11.3 Å². The zero-order valence-electron chi connectivity index (χ0n) is 12.9. The third-order valence-corrected chi connectivity index (χ3v) is 3.98. The fraction of sp³-hybridized carbons (Fsp3) is 0.438. The van der Waals surface area contributed by atoms with Crippen LogP contribution in [0.15, 0.2) is 29.6 Å². The van der Waals surface area contributed by atoms with Crippen molar-refractivity contribution >= 4 is 22.2 Å². The van der Waals surface area contributed by atoms with E-state index in [0.29, 0.717) is 0 Å². The van der Waals surface area contributed by atoms with Crippen LogP contribution in [0.1, 0.15) is 32.0 Å². The first-order chi connectivity index (χ1) is 9.35. The molecule has 1 aromatic carbocycles. The summed E-state index contributed by atoms with van der Waals surface area (Å²) >= 11 is 1.68. The topological polar surface area (TPSA) is 28.2 Å². The third-order valence-electron chi connectivity index (χ3n) is 3.02. The van der Waals surface area contributed by atoms with Crippen LogP contribution in [-0.4, -0.2) is 17.6 Å². The van der Waals surface area contributed by atoms with Crippen molar-refractivity contribution < 1.29 is 0 Å². The summed E-state index contributed by atoms with van der Waals surface area (Å²) in [6.45, 7) is 9.41. The quantitative estimate of drug-likeness (QED) is 0.918. The largest absolute Gasteiger partial charge is 0.321 e. The molecule has 0 aliphatic heterocycles. The van der Waals surface area contributed by atoms with Crippen molar-refractivity contribution in [2.24, 2.45) is 0 Å². The lowest BCUT2D eigenvalue weighted by Crippen LogP contribution is -2.35. The summed E-state index contributed by atoms with van der Waals surface area (Å²) in [7, 11) is 2.06. The number of thiazole rings is 1. The van der Waals surface area contributed by atoms with Gasteiger partial charge in [-0.05, 0) is 45.4 Å². The Kier molecular flexibility index (Phi) is 4.45. The van der Waals surface area contributed by atoms with Crippen LogP contribution in [0, 0.1) is 6.92 Å². The van der Waals surface area contributed by atoms with Gasteiger partial charge < -0.3 is 10.2 Å². The Bertz CT molecular complexity index is 569. The summed E-state index contributed by atoms with van der Waals surface area (Å²) in [6, 6.07) is 8.48. The number of benzene rings is 1. The minimum atomic E-state index is 0.117. The fourth-order valence-electron chi connectivity index (χ4n) is 1.83. The molecule has 0 atom stereocenters. The van der Waals surface area contributed by atoms with E-state index < -0.39 is 0 Å². The molecule has 0 saturated heterocycles. The van der Waals surface area contributed by atoms with Gasteiger partial charge in [-0.2, -0.15) is 0 Å². The van der Waals surface area contributed by atoms with Crippen LogP contribution in [0.5, 0.6) is 0 Å². The molecule has 3 nitrogen and oxygen atoms in total. The summed E-state index contributed by atoms with van der Waals surface area (Å²) in [5.41, 5.74) is 3.65. The van der Waals surface area contributed by atoms with E-state index >= 15 is 0 Å². The van der Waals surface area contributed by atoms with Crippen LogP contribution in [0.25, 0.3) is 0 Å². The molecule has 0 fully saturated rings. The number of rotatable bonds is 4. The van der Waals surface area contributed by atoms with Gasteiger partial charge in [0, 0.05) is 30.2 Å². The van der Waals surface area contributed by atoms with Crippen molar-refractivity contribution in [3.8, 4) is 0 Å². The number of anilines is 2. The SMILES string of the molecule is Cc1cccc(N(C)c2nc(CNC(C)(C)C)cs2)c1. The zero-order valence-corrected chi connectivity index (χ0v) is 13.7. The first kappa shape index (κ1) is 15.0. The number of aryl methyl sites for hydroxylation is 1. The second kappa shape index (κ2) is 5.94. The molecule has 108 valence electrons. The maximum atomic E-state index is 4.70. The highest BCUT2D eigenvalue weighted by molar-refractivity contribution is 7.13. The minimum Gasteiger partial charge on any atom is -0.321 e. The maximum Gasteiger partial charge on any atom is 0.189 e. The normalized spacial score (nSPS) is 11.7. The maximum absolute atomic E-state index is 4.70. The lowest BCUT2D eigenvalue weighted by Gasteiger charge is -2.19. The smallest absolute Gasteiger partial charge is 0.189 e. The van der Waals surface area contributed by atoms with E-state index in [1.165, 1.54) is 11.3 Å². The van der Waals surface area contributed by atoms with Gasteiger partial charge in [0.25, 0.3) is 0 Å². The number of hydrogen-bond donors (Lipinski definition) is 1. The minimum absolute atomic E-state index is 0.117. The molecule has 1 heterocycles. The standard InChI is InChI=1S/C16H23N3S/c1-12-7-6-8-14(9-12)19(5)15-18-13(11-20-15)10-17-16(2,3)4/h6-9,11,17H,10H2,1-5H3. The molecule has 2 rings (SSSR count). The Balaban J connectivity index is 2.08. The van der Waals surface area contributed by atoms with Crippen LogP contribution in [-0.2, 0) is 6.54 Å². The van der Waals surface area contributed by atoms with Crippen LogP contribution in [0.4, 0.5) is 10.8 Å². The van der Waals surface area contributed by atoms with Gasteiger partial charge in [0.05, 0.1) is 5.69 Å². The molecule has 0 radical (unpaired) electrons. The number of aromatic nitrogens is 1. The summed E-state index contributed by atoms with van der Waals surface area (Å²) in [5.74, 6) is 0. The van der Waals surface area contributed by atoms with Gasteiger partial charge in [0.15, 0.2) is 5.13 Å². The third kappa shape index (κ3) is 4.05. The van der Waals surface area contributed by atoms with Gasteiger partial charge in [-0.1, -0.05) is 12.1 Å². The molecule has 0 amide bonds. The molecule has 0 spiro atoms. The van der Waals surface area contributed by atoms with E-state index in [1.54, 1.807) is 11.3 Å². The average molecular weight is 289 g/mol. The molecule has 1 aromatic heterocycles. The zero-order chi connectivity index (χ0) is 14.8. The molecule has 0 aliphatic rings. The van der Waals surface area contributed by atoms with Crippen molar-refractivity contribution in [3.05, 3.63) is 40.9 Å². The molecule has 2 aromatic rings. The molecular formula is C16H23N3S. The van der Waals surface area contributed by atoms with Gasteiger partial charge in [-0.15, -0.1) is 11.3 Å². The van der Waals surface area contributed by atoms with Gasteiger partial charge in [-0.3, -0.25) is 0 Å². The van der Waals surface area contributed by atoms with E-state index in [-0.39, 0.29) is 5.54 Å². The molecule has 1 N–H and O–H groups in total. The summed E-state index contributed by atoms with van der Waals surface area (Å²) in [4.78, 5) is 6.84. The van der Waals surface area contributed by atoms with E-state index in [0.717, 1.165) is 17.4 Å². The Morgan fingerprint density at radius 2 is 2.05 bits per heavy atom. The monoisotopic (exact) mass is 289 g/mol. The molecule has 0 aliphatic carbocycles.